The lowest BCUT2D eigenvalue weighted by atomic mass is 10.0. The van der Waals surface area contributed by atoms with Crippen molar-refractivity contribution in [1.82, 2.24) is 0 Å². The summed E-state index contributed by atoms with van der Waals surface area (Å²) in [4.78, 5) is 0. The van der Waals surface area contributed by atoms with Gasteiger partial charge >= 0.3 is 0 Å². The van der Waals surface area contributed by atoms with Gasteiger partial charge in [0.2, 0.25) is 0 Å². The Hall–Kier alpha value is -1.81. The minimum atomic E-state index is -0.688. The van der Waals surface area contributed by atoms with Crippen molar-refractivity contribution in [3.63, 3.8) is 0 Å². The van der Waals surface area contributed by atoms with E-state index in [4.69, 9.17) is 12.2 Å². The fraction of sp³-hybridized carbons (Fsp3) is 0. The third-order valence-corrected chi connectivity index (χ3v) is 2.60. The first kappa shape index (κ1) is 11.7. The number of phenolic OH excluding ortho intramolecular Hbond substituents is 1. The first-order valence-corrected chi connectivity index (χ1v) is 5.32. The van der Waals surface area contributed by atoms with Gasteiger partial charge in [0.05, 0.1) is 0 Å². The molecule has 2 aromatic rings. The molecule has 0 heterocycles. The van der Waals surface area contributed by atoms with Crippen molar-refractivity contribution in [3.05, 3.63) is 53.6 Å². The van der Waals surface area contributed by atoms with Crippen LogP contribution in [-0.2, 0) is 0 Å². The SMILES string of the molecule is Oc1ccc(C=S)cc1-c1cc(F)cc(F)c1. The first-order valence-electron chi connectivity index (χ1n) is 4.85. The molecule has 0 atom stereocenters. The van der Waals surface area contributed by atoms with Gasteiger partial charge in [-0.25, -0.2) is 8.78 Å². The molecule has 1 nitrogen and oxygen atoms in total. The second-order valence-corrected chi connectivity index (χ2v) is 3.79. The number of halogens is 2. The number of hydrogen-bond donors (Lipinski definition) is 1. The van der Waals surface area contributed by atoms with E-state index in [9.17, 15) is 13.9 Å². The van der Waals surface area contributed by atoms with Crippen molar-refractivity contribution in [1.29, 1.82) is 0 Å². The Balaban J connectivity index is 2.62. The Labute approximate surface area is 102 Å². The predicted octanol–water partition coefficient (Wildman–Crippen LogP) is 3.69. The summed E-state index contributed by atoms with van der Waals surface area (Å²) < 4.78 is 26.2. The van der Waals surface area contributed by atoms with Gasteiger partial charge in [0.25, 0.3) is 0 Å². The van der Waals surface area contributed by atoms with Crippen LogP contribution in [0, 0.1) is 11.6 Å². The molecule has 0 unspecified atom stereocenters. The molecule has 0 amide bonds. The van der Waals surface area contributed by atoms with Crippen LogP contribution in [0.4, 0.5) is 8.78 Å². The van der Waals surface area contributed by atoms with Crippen LogP contribution < -0.4 is 0 Å². The Morgan fingerprint density at radius 3 is 2.24 bits per heavy atom. The van der Waals surface area contributed by atoms with E-state index < -0.39 is 11.6 Å². The average Bonchev–Trinajstić information content (AvgIpc) is 2.28. The Morgan fingerprint density at radius 2 is 1.65 bits per heavy atom. The van der Waals surface area contributed by atoms with Crippen LogP contribution in [0.3, 0.4) is 0 Å². The quantitative estimate of drug-likeness (QED) is 0.820. The molecule has 0 spiro atoms. The molecule has 0 saturated carbocycles. The molecule has 0 radical (unpaired) electrons. The zero-order valence-corrected chi connectivity index (χ0v) is 9.47. The molecule has 1 N–H and O–H groups in total. The fourth-order valence-corrected chi connectivity index (χ4v) is 1.71. The van der Waals surface area contributed by atoms with Crippen LogP contribution in [-0.4, -0.2) is 10.5 Å². The molecule has 4 heteroatoms. The number of benzene rings is 2. The standard InChI is InChI=1S/C13H8F2OS/c14-10-4-9(5-11(15)6-10)12-3-8(7-17)1-2-13(12)16/h1-7,16H. The summed E-state index contributed by atoms with van der Waals surface area (Å²) in [5.41, 5.74) is 1.32. The lowest BCUT2D eigenvalue weighted by molar-refractivity contribution is 0.477. The summed E-state index contributed by atoms with van der Waals surface area (Å²) in [6, 6.07) is 7.74. The van der Waals surface area contributed by atoms with Crippen LogP contribution >= 0.6 is 12.2 Å². The van der Waals surface area contributed by atoms with Gasteiger partial charge in [0.1, 0.15) is 17.4 Å². The second kappa shape index (κ2) is 4.59. The van der Waals surface area contributed by atoms with Gasteiger partial charge in [-0.3, -0.25) is 0 Å². The second-order valence-electron chi connectivity index (χ2n) is 3.55. The highest BCUT2D eigenvalue weighted by Gasteiger charge is 2.08. The van der Waals surface area contributed by atoms with E-state index in [1.807, 2.05) is 0 Å². The first-order chi connectivity index (χ1) is 8.10. The normalized spacial score (nSPS) is 10.2. The van der Waals surface area contributed by atoms with Gasteiger partial charge in [-0.2, -0.15) is 0 Å². The van der Waals surface area contributed by atoms with Crippen LogP contribution in [0.5, 0.6) is 5.75 Å². The van der Waals surface area contributed by atoms with Crippen LogP contribution in [0.1, 0.15) is 5.56 Å². The van der Waals surface area contributed by atoms with Gasteiger partial charge in [0.15, 0.2) is 0 Å². The van der Waals surface area contributed by atoms with E-state index in [1.54, 1.807) is 12.1 Å². The lowest BCUT2D eigenvalue weighted by Gasteiger charge is -2.06. The van der Waals surface area contributed by atoms with Crippen LogP contribution in [0.2, 0.25) is 0 Å². The number of phenols is 1. The van der Waals surface area contributed by atoms with Crippen molar-refractivity contribution >= 4 is 17.6 Å². The monoisotopic (exact) mass is 250 g/mol. The maximum atomic E-state index is 13.1. The maximum Gasteiger partial charge on any atom is 0.126 e. The number of hydrogen-bond acceptors (Lipinski definition) is 2. The third kappa shape index (κ3) is 2.47. The van der Waals surface area contributed by atoms with E-state index in [-0.39, 0.29) is 11.3 Å². The van der Waals surface area contributed by atoms with Gasteiger partial charge in [-0.15, -0.1) is 0 Å². The molecule has 2 rings (SSSR count). The summed E-state index contributed by atoms with van der Waals surface area (Å²) in [5.74, 6) is -1.42. The number of thiocarbonyl (C=S) groups is 1. The van der Waals surface area contributed by atoms with Crippen molar-refractivity contribution in [2.45, 2.75) is 0 Å². The van der Waals surface area contributed by atoms with E-state index in [0.29, 0.717) is 11.1 Å². The summed E-state index contributed by atoms with van der Waals surface area (Å²) in [6.07, 6.45) is 0. The highest BCUT2D eigenvalue weighted by atomic mass is 32.1. The fourth-order valence-electron chi connectivity index (χ4n) is 1.57. The van der Waals surface area contributed by atoms with Crippen molar-refractivity contribution in [2.75, 3.05) is 0 Å². The zero-order valence-electron chi connectivity index (χ0n) is 8.65. The average molecular weight is 250 g/mol. The summed E-state index contributed by atoms with van der Waals surface area (Å²) in [6.45, 7) is 0. The smallest absolute Gasteiger partial charge is 0.126 e. The molecule has 86 valence electrons. The number of rotatable bonds is 2. The topological polar surface area (TPSA) is 20.2 Å². The third-order valence-electron chi connectivity index (χ3n) is 2.33. The summed E-state index contributed by atoms with van der Waals surface area (Å²) in [5, 5.41) is 11.1. The molecule has 0 aliphatic heterocycles. The molecule has 0 fully saturated rings. The highest BCUT2D eigenvalue weighted by molar-refractivity contribution is 7.79. The van der Waals surface area contributed by atoms with Crippen LogP contribution in [0.15, 0.2) is 36.4 Å². The van der Waals surface area contributed by atoms with Gasteiger partial charge in [0, 0.05) is 17.0 Å². The van der Waals surface area contributed by atoms with Crippen molar-refractivity contribution in [3.8, 4) is 16.9 Å². The molecule has 0 bridgehead atoms. The van der Waals surface area contributed by atoms with Gasteiger partial charge in [-0.05, 0) is 35.4 Å². The van der Waals surface area contributed by atoms with E-state index in [2.05, 4.69) is 0 Å². The van der Waals surface area contributed by atoms with Gasteiger partial charge in [-0.1, -0.05) is 18.3 Å². The minimum Gasteiger partial charge on any atom is -0.507 e. The Kier molecular flexibility index (Phi) is 3.15. The molecule has 17 heavy (non-hydrogen) atoms. The van der Waals surface area contributed by atoms with Crippen LogP contribution in [0.25, 0.3) is 11.1 Å². The van der Waals surface area contributed by atoms with Crippen molar-refractivity contribution in [2.24, 2.45) is 0 Å². The van der Waals surface area contributed by atoms with E-state index in [0.717, 1.165) is 18.2 Å². The highest BCUT2D eigenvalue weighted by Crippen LogP contribution is 2.30. The molecule has 0 saturated heterocycles. The molecular formula is C13H8F2OS. The zero-order chi connectivity index (χ0) is 12.4. The molecule has 0 aliphatic carbocycles. The minimum absolute atomic E-state index is 0.0457. The Morgan fingerprint density at radius 1 is 1.00 bits per heavy atom. The molecule has 2 aromatic carbocycles. The van der Waals surface area contributed by atoms with E-state index in [1.165, 1.54) is 11.4 Å². The molecule has 0 aromatic heterocycles. The summed E-state index contributed by atoms with van der Waals surface area (Å²) in [7, 11) is 0. The van der Waals surface area contributed by atoms with Crippen molar-refractivity contribution < 1.29 is 13.9 Å². The maximum absolute atomic E-state index is 13.1. The molecular weight excluding hydrogens is 242 g/mol. The largest absolute Gasteiger partial charge is 0.507 e. The Bertz CT molecular complexity index is 561. The molecule has 0 aliphatic rings. The number of aromatic hydroxyl groups is 1. The predicted molar refractivity (Wildman–Crippen MR) is 66.2 cm³/mol. The summed E-state index contributed by atoms with van der Waals surface area (Å²) >= 11 is 4.77. The van der Waals surface area contributed by atoms with Gasteiger partial charge < -0.3 is 5.11 Å². The van der Waals surface area contributed by atoms with E-state index >= 15 is 0 Å². The lowest BCUT2D eigenvalue weighted by Crippen LogP contribution is -1.87.